The quantitative estimate of drug-likeness (QED) is 0.881. The average molecular weight is 373 g/mol. The lowest BCUT2D eigenvalue weighted by Gasteiger charge is -2.35. The van der Waals surface area contributed by atoms with Gasteiger partial charge in [-0.3, -0.25) is 9.69 Å². The zero-order chi connectivity index (χ0) is 19.4. The first-order chi connectivity index (χ1) is 12.8. The molecule has 0 atom stereocenters. The van der Waals surface area contributed by atoms with Gasteiger partial charge in [-0.2, -0.15) is 0 Å². The largest absolute Gasteiger partial charge is 0.444 e. The molecule has 2 fully saturated rings. The molecule has 2 amide bonds. The minimum absolute atomic E-state index is 0.0243. The standard InChI is InChI=1S/C21H31N3O3/c1-21(2,3)27-20(26)24-12-10-23(11-13-24)15-16-6-4-7-17(14-16)19(25)22-18-8-5-9-18/h4,6-7,14,18H,5,8-13,15H2,1-3H3,(H,22,25). The maximum atomic E-state index is 12.3. The molecule has 0 bridgehead atoms. The predicted octanol–water partition coefficient (Wildman–Crippen LogP) is 3.02. The molecule has 3 rings (SSSR count). The lowest BCUT2D eigenvalue weighted by molar-refractivity contribution is 0.0139. The van der Waals surface area contributed by atoms with Gasteiger partial charge in [0.25, 0.3) is 5.91 Å². The molecular weight excluding hydrogens is 342 g/mol. The van der Waals surface area contributed by atoms with Crippen LogP contribution in [0.1, 0.15) is 56.0 Å². The smallest absolute Gasteiger partial charge is 0.410 e. The summed E-state index contributed by atoms with van der Waals surface area (Å²) in [6.07, 6.45) is 3.15. The van der Waals surface area contributed by atoms with Crippen LogP contribution in [-0.4, -0.2) is 59.6 Å². The predicted molar refractivity (Wildman–Crippen MR) is 105 cm³/mol. The van der Waals surface area contributed by atoms with Crippen molar-refractivity contribution in [1.82, 2.24) is 15.1 Å². The topological polar surface area (TPSA) is 61.9 Å². The number of hydrogen-bond acceptors (Lipinski definition) is 4. The second kappa shape index (κ2) is 8.30. The molecule has 0 aromatic heterocycles. The zero-order valence-corrected chi connectivity index (χ0v) is 16.7. The Kier molecular flexibility index (Phi) is 6.05. The van der Waals surface area contributed by atoms with Crippen LogP contribution in [0.2, 0.25) is 0 Å². The van der Waals surface area contributed by atoms with Crippen molar-refractivity contribution >= 4 is 12.0 Å². The van der Waals surface area contributed by atoms with E-state index in [-0.39, 0.29) is 12.0 Å². The van der Waals surface area contributed by atoms with Crippen LogP contribution >= 0.6 is 0 Å². The summed E-state index contributed by atoms with van der Waals surface area (Å²) in [5.41, 5.74) is 1.39. The van der Waals surface area contributed by atoms with Crippen molar-refractivity contribution in [2.45, 2.75) is 58.2 Å². The molecule has 1 N–H and O–H groups in total. The Bertz CT molecular complexity index is 671. The van der Waals surface area contributed by atoms with E-state index in [1.54, 1.807) is 4.90 Å². The summed E-state index contributed by atoms with van der Waals surface area (Å²) in [6.45, 7) is 9.37. The van der Waals surface area contributed by atoms with Crippen LogP contribution in [0.15, 0.2) is 24.3 Å². The molecule has 1 saturated carbocycles. The summed E-state index contributed by atoms with van der Waals surface area (Å²) >= 11 is 0. The third-order valence-corrected chi connectivity index (χ3v) is 5.06. The SMILES string of the molecule is CC(C)(C)OC(=O)N1CCN(Cc2cccc(C(=O)NC3CCC3)c2)CC1. The van der Waals surface area contributed by atoms with E-state index in [1.807, 2.05) is 39.0 Å². The van der Waals surface area contributed by atoms with E-state index in [0.717, 1.165) is 43.6 Å². The normalized spacial score (nSPS) is 18.7. The van der Waals surface area contributed by atoms with Gasteiger partial charge in [-0.05, 0) is 57.7 Å². The van der Waals surface area contributed by atoms with Crippen molar-refractivity contribution in [3.63, 3.8) is 0 Å². The van der Waals surface area contributed by atoms with Crippen LogP contribution in [0, 0.1) is 0 Å². The number of carbonyl (C=O) groups is 2. The van der Waals surface area contributed by atoms with Gasteiger partial charge in [-0.25, -0.2) is 4.79 Å². The molecule has 6 nitrogen and oxygen atoms in total. The summed E-state index contributed by atoms with van der Waals surface area (Å²) in [7, 11) is 0. The van der Waals surface area contributed by atoms with Crippen LogP contribution in [0.3, 0.4) is 0 Å². The van der Waals surface area contributed by atoms with E-state index >= 15 is 0 Å². The van der Waals surface area contributed by atoms with Crippen LogP contribution in [-0.2, 0) is 11.3 Å². The summed E-state index contributed by atoms with van der Waals surface area (Å²) in [5.74, 6) is 0.0243. The van der Waals surface area contributed by atoms with Gasteiger partial charge < -0.3 is 15.0 Å². The molecule has 27 heavy (non-hydrogen) atoms. The maximum absolute atomic E-state index is 12.3. The first-order valence-corrected chi connectivity index (χ1v) is 9.90. The fraction of sp³-hybridized carbons (Fsp3) is 0.619. The number of hydrogen-bond donors (Lipinski definition) is 1. The number of nitrogens with one attached hydrogen (secondary N) is 1. The number of rotatable bonds is 4. The first kappa shape index (κ1) is 19.7. The lowest BCUT2D eigenvalue weighted by Crippen LogP contribution is -2.49. The van der Waals surface area contributed by atoms with E-state index in [9.17, 15) is 9.59 Å². The molecule has 0 radical (unpaired) electrons. The molecule has 1 saturated heterocycles. The third kappa shape index (κ3) is 5.70. The highest BCUT2D eigenvalue weighted by molar-refractivity contribution is 5.94. The molecule has 2 aliphatic rings. The van der Waals surface area contributed by atoms with E-state index in [1.165, 1.54) is 6.42 Å². The Labute approximate surface area is 161 Å². The molecule has 1 aliphatic heterocycles. The second-order valence-electron chi connectivity index (χ2n) is 8.55. The van der Waals surface area contributed by atoms with Crippen LogP contribution in [0.5, 0.6) is 0 Å². The van der Waals surface area contributed by atoms with Gasteiger partial charge in [0.1, 0.15) is 5.60 Å². The molecule has 1 aromatic carbocycles. The van der Waals surface area contributed by atoms with E-state index < -0.39 is 5.60 Å². The third-order valence-electron chi connectivity index (χ3n) is 5.06. The number of piperazine rings is 1. The Balaban J connectivity index is 1.49. The van der Waals surface area contributed by atoms with E-state index in [0.29, 0.717) is 19.1 Å². The molecule has 148 valence electrons. The van der Waals surface area contributed by atoms with Crippen LogP contribution < -0.4 is 5.32 Å². The van der Waals surface area contributed by atoms with Gasteiger partial charge >= 0.3 is 6.09 Å². The van der Waals surface area contributed by atoms with Gasteiger partial charge in [0.2, 0.25) is 0 Å². The number of carbonyl (C=O) groups excluding carboxylic acids is 2. The number of benzene rings is 1. The van der Waals surface area contributed by atoms with Crippen molar-refractivity contribution in [2.75, 3.05) is 26.2 Å². The average Bonchev–Trinajstić information content (AvgIpc) is 2.57. The molecule has 1 aromatic rings. The summed E-state index contributed by atoms with van der Waals surface area (Å²) in [4.78, 5) is 28.6. The molecule has 0 spiro atoms. The summed E-state index contributed by atoms with van der Waals surface area (Å²) in [5, 5.41) is 3.09. The highest BCUT2D eigenvalue weighted by atomic mass is 16.6. The highest BCUT2D eigenvalue weighted by Crippen LogP contribution is 2.19. The van der Waals surface area contributed by atoms with Gasteiger partial charge in [0, 0.05) is 44.3 Å². The maximum Gasteiger partial charge on any atom is 0.410 e. The van der Waals surface area contributed by atoms with Gasteiger partial charge in [-0.1, -0.05) is 12.1 Å². The minimum atomic E-state index is -0.464. The number of amides is 2. The van der Waals surface area contributed by atoms with Crippen molar-refractivity contribution in [2.24, 2.45) is 0 Å². The molecule has 0 unspecified atom stereocenters. The Morgan fingerprint density at radius 2 is 1.85 bits per heavy atom. The fourth-order valence-corrected chi connectivity index (χ4v) is 3.31. The number of nitrogens with zero attached hydrogens (tertiary/aromatic N) is 2. The van der Waals surface area contributed by atoms with E-state index in [4.69, 9.17) is 4.74 Å². The second-order valence-corrected chi connectivity index (χ2v) is 8.55. The van der Waals surface area contributed by atoms with E-state index in [2.05, 4.69) is 16.3 Å². The Hall–Kier alpha value is -2.08. The molecule has 1 aliphatic carbocycles. The Morgan fingerprint density at radius 3 is 2.44 bits per heavy atom. The van der Waals surface area contributed by atoms with Gasteiger partial charge in [-0.15, -0.1) is 0 Å². The van der Waals surface area contributed by atoms with Crippen molar-refractivity contribution in [3.05, 3.63) is 35.4 Å². The fourth-order valence-electron chi connectivity index (χ4n) is 3.31. The molecular formula is C21H31N3O3. The minimum Gasteiger partial charge on any atom is -0.444 e. The first-order valence-electron chi connectivity index (χ1n) is 9.90. The lowest BCUT2D eigenvalue weighted by atomic mass is 9.93. The van der Waals surface area contributed by atoms with Crippen molar-refractivity contribution in [3.8, 4) is 0 Å². The van der Waals surface area contributed by atoms with Crippen molar-refractivity contribution < 1.29 is 14.3 Å². The van der Waals surface area contributed by atoms with Gasteiger partial charge in [0.05, 0.1) is 0 Å². The van der Waals surface area contributed by atoms with Crippen molar-refractivity contribution in [1.29, 1.82) is 0 Å². The zero-order valence-electron chi connectivity index (χ0n) is 16.7. The summed E-state index contributed by atoms with van der Waals surface area (Å²) < 4.78 is 5.44. The molecule has 1 heterocycles. The monoisotopic (exact) mass is 373 g/mol. The summed E-state index contributed by atoms with van der Waals surface area (Å²) in [6, 6.07) is 8.20. The highest BCUT2D eigenvalue weighted by Gasteiger charge is 2.26. The Morgan fingerprint density at radius 1 is 1.15 bits per heavy atom. The number of ether oxygens (including phenoxy) is 1. The molecule has 6 heteroatoms. The van der Waals surface area contributed by atoms with Crippen LogP contribution in [0.4, 0.5) is 4.79 Å². The van der Waals surface area contributed by atoms with Crippen LogP contribution in [0.25, 0.3) is 0 Å². The van der Waals surface area contributed by atoms with Gasteiger partial charge in [0.15, 0.2) is 0 Å².